The minimum atomic E-state index is -0.531. The van der Waals surface area contributed by atoms with E-state index in [-0.39, 0.29) is 12.6 Å². The van der Waals surface area contributed by atoms with Gasteiger partial charge >= 0.3 is 0 Å². The van der Waals surface area contributed by atoms with Crippen molar-refractivity contribution in [2.45, 2.75) is 26.0 Å². The molecule has 1 unspecified atom stereocenters. The molecule has 0 saturated heterocycles. The van der Waals surface area contributed by atoms with E-state index in [9.17, 15) is 5.11 Å². The maximum Gasteiger partial charge on any atom is 0.119 e. The number of nitrogens with one attached hydrogen (secondary N) is 1. The van der Waals surface area contributed by atoms with Gasteiger partial charge in [-0.2, -0.15) is 0 Å². The molecule has 2 rings (SSSR count). The average Bonchev–Trinajstić information content (AvgIpc) is 2.52. The molecule has 0 bridgehead atoms. The van der Waals surface area contributed by atoms with Gasteiger partial charge in [0, 0.05) is 12.6 Å². The number of ether oxygens (including phenoxy) is 1. The van der Waals surface area contributed by atoms with Crippen molar-refractivity contribution in [1.29, 1.82) is 0 Å². The fourth-order valence-electron chi connectivity index (χ4n) is 2.26. The Kier molecular flexibility index (Phi) is 5.78. The number of hydrogen-bond acceptors (Lipinski definition) is 3. The van der Waals surface area contributed by atoms with Crippen LogP contribution >= 0.6 is 0 Å². The van der Waals surface area contributed by atoms with Crippen molar-refractivity contribution < 1.29 is 9.84 Å². The topological polar surface area (TPSA) is 41.5 Å². The molecule has 0 aliphatic heterocycles. The number of aliphatic hydroxyl groups is 1. The largest absolute Gasteiger partial charge is 0.491 e. The zero-order valence-corrected chi connectivity index (χ0v) is 12.6. The van der Waals surface area contributed by atoms with Gasteiger partial charge in [0.15, 0.2) is 0 Å². The van der Waals surface area contributed by atoms with Gasteiger partial charge in [0.1, 0.15) is 18.5 Å². The summed E-state index contributed by atoms with van der Waals surface area (Å²) in [6.45, 7) is 5.00. The van der Waals surface area contributed by atoms with Crippen LogP contribution in [0.4, 0.5) is 0 Å². The van der Waals surface area contributed by atoms with Gasteiger partial charge in [0.2, 0.25) is 0 Å². The molecule has 0 heterocycles. The molecule has 2 N–H and O–H groups in total. The van der Waals surface area contributed by atoms with Crippen LogP contribution in [0.5, 0.6) is 5.75 Å². The average molecular weight is 285 g/mol. The smallest absolute Gasteiger partial charge is 0.119 e. The van der Waals surface area contributed by atoms with Gasteiger partial charge in [-0.1, -0.05) is 42.5 Å². The first kappa shape index (κ1) is 15.5. The van der Waals surface area contributed by atoms with Gasteiger partial charge in [0.05, 0.1) is 0 Å². The van der Waals surface area contributed by atoms with Gasteiger partial charge in [-0.25, -0.2) is 0 Å². The highest BCUT2D eigenvalue weighted by Gasteiger charge is 2.10. The second-order valence-electron chi connectivity index (χ2n) is 5.26. The van der Waals surface area contributed by atoms with Crippen LogP contribution in [0.1, 0.15) is 24.1 Å². The van der Waals surface area contributed by atoms with Crippen molar-refractivity contribution in [3.05, 3.63) is 65.7 Å². The number of para-hydroxylation sites is 1. The van der Waals surface area contributed by atoms with Gasteiger partial charge in [-0.15, -0.1) is 0 Å². The summed E-state index contributed by atoms with van der Waals surface area (Å²) in [6, 6.07) is 18.0. The van der Waals surface area contributed by atoms with Gasteiger partial charge in [0.25, 0.3) is 0 Å². The van der Waals surface area contributed by atoms with Crippen LogP contribution in [-0.2, 0) is 0 Å². The van der Waals surface area contributed by atoms with E-state index in [1.165, 1.54) is 11.1 Å². The maximum absolute atomic E-state index is 9.99. The Balaban J connectivity index is 1.76. The maximum atomic E-state index is 9.99. The fourth-order valence-corrected chi connectivity index (χ4v) is 2.26. The zero-order chi connectivity index (χ0) is 15.1. The number of aryl methyl sites for hydroxylation is 1. The first-order chi connectivity index (χ1) is 10.2. The summed E-state index contributed by atoms with van der Waals surface area (Å²) in [6.07, 6.45) is -0.531. The molecule has 2 aromatic carbocycles. The Morgan fingerprint density at radius 1 is 1.05 bits per heavy atom. The first-order valence-electron chi connectivity index (χ1n) is 7.31. The predicted molar refractivity (Wildman–Crippen MR) is 85.5 cm³/mol. The number of rotatable bonds is 7. The van der Waals surface area contributed by atoms with E-state index in [1.54, 1.807) is 0 Å². The van der Waals surface area contributed by atoms with Crippen molar-refractivity contribution in [2.24, 2.45) is 0 Å². The van der Waals surface area contributed by atoms with Gasteiger partial charge < -0.3 is 15.2 Å². The van der Waals surface area contributed by atoms with E-state index in [4.69, 9.17) is 4.74 Å². The second kappa shape index (κ2) is 7.81. The molecule has 3 heteroatoms. The van der Waals surface area contributed by atoms with E-state index in [0.717, 1.165) is 5.75 Å². The molecular formula is C18H23NO2. The van der Waals surface area contributed by atoms with Crippen molar-refractivity contribution >= 4 is 0 Å². The summed E-state index contributed by atoms with van der Waals surface area (Å²) in [5.41, 5.74) is 2.52. The lowest BCUT2D eigenvalue weighted by Crippen LogP contribution is -2.33. The second-order valence-corrected chi connectivity index (χ2v) is 5.26. The van der Waals surface area contributed by atoms with E-state index < -0.39 is 6.10 Å². The molecule has 0 amide bonds. The van der Waals surface area contributed by atoms with Crippen molar-refractivity contribution in [3.8, 4) is 5.75 Å². The summed E-state index contributed by atoms with van der Waals surface area (Å²) in [4.78, 5) is 0. The number of aliphatic hydroxyl groups excluding tert-OH is 1. The molecule has 0 fully saturated rings. The third-order valence-electron chi connectivity index (χ3n) is 3.50. The van der Waals surface area contributed by atoms with Crippen LogP contribution < -0.4 is 10.1 Å². The van der Waals surface area contributed by atoms with Gasteiger partial charge in [-0.3, -0.25) is 0 Å². The monoisotopic (exact) mass is 285 g/mol. The lowest BCUT2D eigenvalue weighted by atomic mass is 10.0. The summed E-state index contributed by atoms with van der Waals surface area (Å²) in [5.74, 6) is 0.781. The first-order valence-corrected chi connectivity index (χ1v) is 7.31. The van der Waals surface area contributed by atoms with E-state index in [0.29, 0.717) is 6.54 Å². The molecule has 0 radical (unpaired) electrons. The summed E-state index contributed by atoms with van der Waals surface area (Å²) < 4.78 is 5.54. The van der Waals surface area contributed by atoms with Crippen LogP contribution in [0, 0.1) is 6.92 Å². The molecule has 0 spiro atoms. The Morgan fingerprint density at radius 2 is 1.71 bits per heavy atom. The van der Waals surface area contributed by atoms with Gasteiger partial charge in [-0.05, 0) is 37.1 Å². The van der Waals surface area contributed by atoms with Crippen LogP contribution in [0.25, 0.3) is 0 Å². The van der Waals surface area contributed by atoms with Crippen LogP contribution in [0.3, 0.4) is 0 Å². The molecule has 0 aliphatic rings. The van der Waals surface area contributed by atoms with Crippen molar-refractivity contribution in [2.75, 3.05) is 13.2 Å². The lowest BCUT2D eigenvalue weighted by Gasteiger charge is -2.19. The third-order valence-corrected chi connectivity index (χ3v) is 3.50. The van der Waals surface area contributed by atoms with E-state index in [1.807, 2.05) is 42.5 Å². The summed E-state index contributed by atoms with van der Waals surface area (Å²) >= 11 is 0. The Hall–Kier alpha value is -1.84. The van der Waals surface area contributed by atoms with E-state index >= 15 is 0 Å². The van der Waals surface area contributed by atoms with Crippen LogP contribution in [0.15, 0.2) is 54.6 Å². The quantitative estimate of drug-likeness (QED) is 0.821. The molecule has 3 nitrogen and oxygen atoms in total. The highest BCUT2D eigenvalue weighted by molar-refractivity contribution is 5.28. The standard InChI is InChI=1S/C18H23NO2/c1-14-8-6-7-11-18(14)15(2)19-12-16(20)13-21-17-9-4-3-5-10-17/h3-11,15-16,19-20H,12-13H2,1-2H3/t15-,16?/m1/s1. The van der Waals surface area contributed by atoms with Crippen LogP contribution in [0.2, 0.25) is 0 Å². The molecular weight excluding hydrogens is 262 g/mol. The molecule has 0 aromatic heterocycles. The Morgan fingerprint density at radius 3 is 2.43 bits per heavy atom. The zero-order valence-electron chi connectivity index (χ0n) is 12.6. The SMILES string of the molecule is Cc1ccccc1[C@@H](C)NCC(O)COc1ccccc1. The summed E-state index contributed by atoms with van der Waals surface area (Å²) in [5, 5.41) is 13.3. The Bertz CT molecular complexity index is 542. The minimum absolute atomic E-state index is 0.206. The summed E-state index contributed by atoms with van der Waals surface area (Å²) in [7, 11) is 0. The molecule has 2 atom stereocenters. The Labute approximate surface area is 126 Å². The molecule has 112 valence electrons. The number of hydrogen-bond donors (Lipinski definition) is 2. The molecule has 0 aliphatic carbocycles. The van der Waals surface area contributed by atoms with Crippen molar-refractivity contribution in [1.82, 2.24) is 5.32 Å². The number of benzene rings is 2. The molecule has 21 heavy (non-hydrogen) atoms. The highest BCUT2D eigenvalue weighted by Crippen LogP contribution is 2.16. The highest BCUT2D eigenvalue weighted by atomic mass is 16.5. The fraction of sp³-hybridized carbons (Fsp3) is 0.333. The van der Waals surface area contributed by atoms with Crippen LogP contribution in [-0.4, -0.2) is 24.4 Å². The van der Waals surface area contributed by atoms with E-state index in [2.05, 4.69) is 31.3 Å². The lowest BCUT2D eigenvalue weighted by molar-refractivity contribution is 0.104. The minimum Gasteiger partial charge on any atom is -0.491 e. The normalized spacial score (nSPS) is 13.7. The third kappa shape index (κ3) is 4.88. The molecule has 2 aromatic rings. The predicted octanol–water partition coefficient (Wildman–Crippen LogP) is 3.09. The molecule has 0 saturated carbocycles. The van der Waals surface area contributed by atoms with Crippen molar-refractivity contribution in [3.63, 3.8) is 0 Å².